The van der Waals surface area contributed by atoms with Crippen LogP contribution in [0, 0.1) is 0 Å². The van der Waals surface area contributed by atoms with Gasteiger partial charge in [0.2, 0.25) is 5.95 Å². The molecule has 0 spiro atoms. The van der Waals surface area contributed by atoms with Crippen molar-refractivity contribution in [3.63, 3.8) is 0 Å². The van der Waals surface area contributed by atoms with Crippen LogP contribution in [0.1, 0.15) is 11.5 Å². The monoisotopic (exact) mass is 1080 g/mol. The highest BCUT2D eigenvalue weighted by molar-refractivity contribution is 7.20. The molecule has 15 rings (SSSR count). The summed E-state index contributed by atoms with van der Waals surface area (Å²) in [7, 11) is -5.88. The zero-order valence-corrected chi connectivity index (χ0v) is 47.0. The van der Waals surface area contributed by atoms with Crippen LogP contribution in [0.5, 0.6) is 0 Å². The fraction of sp³-hybridized carbons (Fsp3) is 0.0267. The molecule has 0 bridgehead atoms. The SMILES string of the molecule is C1=CC2c3ccccc3N(c3ccc4c(c3)c3ccccc3n4-c3nc(-c4cccc([Si](c5ccccc5)(c5ccccc5)c5ccccc5)c4)nc(-c4cccc([Si](c5ccccc5)(c5ccccc5)c5ccccc5)c4)n3)C2C=C1. The Morgan fingerprint density at radius 3 is 1.23 bits per heavy atom. The highest BCUT2D eigenvalue weighted by Crippen LogP contribution is 2.48. The van der Waals surface area contributed by atoms with Crippen LogP contribution in [0.25, 0.3) is 50.5 Å². The summed E-state index contributed by atoms with van der Waals surface area (Å²) in [5.41, 5.74) is 7.61. The Morgan fingerprint density at radius 2 is 0.732 bits per heavy atom. The van der Waals surface area contributed by atoms with Crippen LogP contribution in [0.2, 0.25) is 0 Å². The van der Waals surface area contributed by atoms with Gasteiger partial charge in [-0.3, -0.25) is 4.57 Å². The zero-order chi connectivity index (χ0) is 54.5. The quantitative estimate of drug-likeness (QED) is 0.0904. The Labute approximate surface area is 480 Å². The summed E-state index contributed by atoms with van der Waals surface area (Å²) in [6, 6.07) is 109. The minimum absolute atomic E-state index is 0.174. The van der Waals surface area contributed by atoms with Gasteiger partial charge in [-0.25, -0.2) is 4.98 Å². The maximum Gasteiger partial charge on any atom is 0.238 e. The van der Waals surface area contributed by atoms with Crippen LogP contribution in [0.15, 0.2) is 322 Å². The molecule has 13 aromatic rings. The van der Waals surface area contributed by atoms with Crippen LogP contribution in [-0.4, -0.2) is 41.7 Å². The summed E-state index contributed by atoms with van der Waals surface area (Å²) in [5, 5.41) is 12.5. The number of allylic oxidation sites excluding steroid dienone is 2. The highest BCUT2D eigenvalue weighted by Gasteiger charge is 2.43. The lowest BCUT2D eigenvalue weighted by Gasteiger charge is -2.34. The standard InChI is InChI=1S/C75H55N5Si2/c1-7-29-57(30-8-1)81(58-31-9-2-10-32-58,59-33-11-3-12-34-59)63-41-25-27-54(51-63)73-76-74(55-28-26-42-64(52-55)82(60-35-13-4-14-36-60,61-37-15-5-16-38-61)62-39-17-6-18-40-62)78-75(77-73)80-71-48-24-21-45-67(71)68-53-56(49-50-72(68)80)79-69-46-22-19-43-65(69)66-44-20-23-47-70(66)79/h1-53,65,69H. The second kappa shape index (κ2) is 20.6. The van der Waals surface area contributed by atoms with Crippen molar-refractivity contribution >= 4 is 90.8 Å². The minimum atomic E-state index is -2.94. The number of benzene rings is 11. The van der Waals surface area contributed by atoms with Gasteiger partial charge in [-0.15, -0.1) is 0 Å². The van der Waals surface area contributed by atoms with Gasteiger partial charge >= 0.3 is 0 Å². The number of nitrogens with zero attached hydrogens (tertiary/aromatic N) is 5. The van der Waals surface area contributed by atoms with E-state index in [1.165, 1.54) is 52.7 Å². The Morgan fingerprint density at radius 1 is 0.317 bits per heavy atom. The van der Waals surface area contributed by atoms with E-state index in [2.05, 4.69) is 331 Å². The Bertz CT molecular complexity index is 4150. The van der Waals surface area contributed by atoms with Crippen molar-refractivity contribution in [3.8, 4) is 28.7 Å². The molecular weight excluding hydrogens is 1030 g/mol. The second-order valence-corrected chi connectivity index (χ2v) is 29.0. The van der Waals surface area contributed by atoms with Crippen LogP contribution < -0.4 is 46.4 Å². The average molecular weight is 1080 g/mol. The lowest BCUT2D eigenvalue weighted by molar-refractivity contribution is 0.745. The number of hydrogen-bond donors (Lipinski definition) is 0. The molecule has 2 aliphatic rings. The van der Waals surface area contributed by atoms with Gasteiger partial charge in [-0.2, -0.15) is 9.97 Å². The molecule has 3 heterocycles. The van der Waals surface area contributed by atoms with Crippen molar-refractivity contribution in [2.75, 3.05) is 4.90 Å². The molecule has 2 atom stereocenters. The van der Waals surface area contributed by atoms with Crippen LogP contribution in [0.4, 0.5) is 11.4 Å². The molecule has 1 aliphatic carbocycles. The lowest BCUT2D eigenvalue weighted by atomic mass is 9.91. The maximum atomic E-state index is 5.65. The molecular formula is C75H55N5Si2. The van der Waals surface area contributed by atoms with Gasteiger partial charge in [0.25, 0.3) is 0 Å². The first kappa shape index (κ1) is 49.0. The summed E-state index contributed by atoms with van der Waals surface area (Å²) in [6.07, 6.45) is 9.06. The van der Waals surface area contributed by atoms with Crippen molar-refractivity contribution in [1.29, 1.82) is 0 Å². The number of aromatic nitrogens is 4. The van der Waals surface area contributed by atoms with E-state index in [0.29, 0.717) is 17.6 Å². The topological polar surface area (TPSA) is 46.8 Å². The summed E-state index contributed by atoms with van der Waals surface area (Å²) < 4.78 is 2.26. The fourth-order valence-corrected chi connectivity index (χ4v) is 23.1. The first-order valence-electron chi connectivity index (χ1n) is 28.3. The molecule has 0 saturated heterocycles. The van der Waals surface area contributed by atoms with Crippen LogP contribution in [0.3, 0.4) is 0 Å². The smallest absolute Gasteiger partial charge is 0.238 e. The van der Waals surface area contributed by atoms with Crippen molar-refractivity contribution in [3.05, 3.63) is 327 Å². The first-order chi connectivity index (χ1) is 40.7. The number of hydrogen-bond acceptors (Lipinski definition) is 4. The zero-order valence-electron chi connectivity index (χ0n) is 45.0. The summed E-state index contributed by atoms with van der Waals surface area (Å²) >= 11 is 0. The summed E-state index contributed by atoms with van der Waals surface area (Å²) in [6.45, 7) is 0. The van der Waals surface area contributed by atoms with Gasteiger partial charge in [0, 0.05) is 39.2 Å². The fourth-order valence-electron chi connectivity index (χ4n) is 13.6. The van der Waals surface area contributed by atoms with Crippen molar-refractivity contribution < 1.29 is 0 Å². The molecule has 5 nitrogen and oxygen atoms in total. The van der Waals surface area contributed by atoms with Gasteiger partial charge in [0.15, 0.2) is 27.8 Å². The molecule has 0 radical (unpaired) electrons. The number of anilines is 2. The van der Waals surface area contributed by atoms with E-state index in [1.807, 2.05) is 0 Å². The molecule has 11 aromatic carbocycles. The molecule has 0 N–H and O–H groups in total. The predicted molar refractivity (Wildman–Crippen MR) is 346 cm³/mol. The van der Waals surface area contributed by atoms with Gasteiger partial charge in [-0.05, 0) is 77.4 Å². The molecule has 0 fully saturated rings. The van der Waals surface area contributed by atoms with E-state index >= 15 is 0 Å². The Kier molecular flexibility index (Phi) is 12.3. The van der Waals surface area contributed by atoms with Crippen molar-refractivity contribution in [1.82, 2.24) is 19.5 Å². The van der Waals surface area contributed by atoms with Gasteiger partial charge < -0.3 is 4.90 Å². The third-order valence-corrected chi connectivity index (χ3v) is 26.6. The van der Waals surface area contributed by atoms with E-state index in [4.69, 9.17) is 15.0 Å². The number of fused-ring (bicyclic) bond motifs is 6. The van der Waals surface area contributed by atoms with E-state index in [9.17, 15) is 0 Å². The number of para-hydroxylation sites is 2. The largest absolute Gasteiger partial charge is 0.333 e. The van der Waals surface area contributed by atoms with Gasteiger partial charge in [-0.1, -0.05) is 291 Å². The maximum absolute atomic E-state index is 5.65. The van der Waals surface area contributed by atoms with Gasteiger partial charge in [0.05, 0.1) is 17.1 Å². The predicted octanol–water partition coefficient (Wildman–Crippen LogP) is 11.8. The molecule has 2 unspecified atom stereocenters. The Balaban J connectivity index is 0.976. The van der Waals surface area contributed by atoms with Crippen LogP contribution >= 0.6 is 0 Å². The minimum Gasteiger partial charge on any atom is -0.333 e. The average Bonchev–Trinajstić information content (AvgIpc) is 4.22. The first-order valence-corrected chi connectivity index (χ1v) is 32.3. The molecule has 1 aliphatic heterocycles. The van der Waals surface area contributed by atoms with Crippen LogP contribution in [-0.2, 0) is 0 Å². The second-order valence-electron chi connectivity index (χ2n) is 21.4. The Hall–Kier alpha value is -10.1. The molecule has 0 saturated carbocycles. The van der Waals surface area contributed by atoms with E-state index < -0.39 is 16.1 Å². The third-order valence-electron chi connectivity index (χ3n) is 17.1. The van der Waals surface area contributed by atoms with E-state index in [-0.39, 0.29) is 12.0 Å². The lowest BCUT2D eigenvalue weighted by Crippen LogP contribution is -2.74. The summed E-state index contributed by atoms with van der Waals surface area (Å²) in [4.78, 5) is 19.4. The highest BCUT2D eigenvalue weighted by atomic mass is 28.3. The molecule has 0 amide bonds. The molecule has 82 heavy (non-hydrogen) atoms. The van der Waals surface area contributed by atoms with Crippen molar-refractivity contribution in [2.24, 2.45) is 0 Å². The molecule has 388 valence electrons. The molecule has 2 aromatic heterocycles. The van der Waals surface area contributed by atoms with Gasteiger partial charge in [0.1, 0.15) is 0 Å². The third kappa shape index (κ3) is 7.99. The van der Waals surface area contributed by atoms with Crippen molar-refractivity contribution in [2.45, 2.75) is 12.0 Å². The van der Waals surface area contributed by atoms with E-state index in [0.717, 1.165) is 38.6 Å². The number of rotatable bonds is 12. The normalized spacial score (nSPS) is 14.7. The molecule has 7 heteroatoms. The summed E-state index contributed by atoms with van der Waals surface area (Å²) in [5.74, 6) is 2.03. The van der Waals surface area contributed by atoms with E-state index in [1.54, 1.807) is 0 Å².